The number of halogens is 1. The van der Waals surface area contributed by atoms with E-state index in [1.807, 2.05) is 19.2 Å². The maximum absolute atomic E-state index is 9.33. The number of hydrogen-bond acceptors (Lipinski definition) is 3. The van der Waals surface area contributed by atoms with Crippen molar-refractivity contribution in [3.8, 4) is 0 Å². The van der Waals surface area contributed by atoms with Crippen molar-refractivity contribution < 1.29 is 5.11 Å². The molecule has 4 heteroatoms. The van der Waals surface area contributed by atoms with Crippen molar-refractivity contribution in [1.82, 2.24) is 5.32 Å². The van der Waals surface area contributed by atoms with Gasteiger partial charge in [-0.3, -0.25) is 0 Å². The van der Waals surface area contributed by atoms with Crippen molar-refractivity contribution in [3.63, 3.8) is 0 Å². The molecule has 0 bridgehead atoms. The molecule has 0 radical (unpaired) electrons. The Labute approximate surface area is 114 Å². The number of aliphatic hydroxyl groups is 1. The number of aliphatic hydroxyl groups excluding tert-OH is 1. The van der Waals surface area contributed by atoms with E-state index in [2.05, 4.69) is 23.3 Å². The van der Waals surface area contributed by atoms with Crippen LogP contribution in [0, 0.1) is 5.92 Å². The Morgan fingerprint density at radius 1 is 1.44 bits per heavy atom. The molecular formula is C14H21ClN2O. The molecule has 1 saturated carbocycles. The third kappa shape index (κ3) is 3.16. The lowest BCUT2D eigenvalue weighted by atomic mass is 9.82. The number of rotatable bonds is 5. The number of hydrogen-bond donors (Lipinski definition) is 2. The first-order valence-electron chi connectivity index (χ1n) is 6.42. The Bertz CT molecular complexity index is 405. The van der Waals surface area contributed by atoms with E-state index in [9.17, 15) is 5.11 Å². The summed E-state index contributed by atoms with van der Waals surface area (Å²) in [5, 5.41) is 13.3. The Morgan fingerprint density at radius 3 is 2.78 bits per heavy atom. The minimum Gasteiger partial charge on any atom is -0.393 e. The summed E-state index contributed by atoms with van der Waals surface area (Å²) in [5.41, 5.74) is 2.43. The van der Waals surface area contributed by atoms with Crippen molar-refractivity contribution in [2.75, 3.05) is 25.5 Å². The predicted octanol–water partition coefficient (Wildman–Crippen LogP) is 2.27. The highest BCUT2D eigenvalue weighted by Crippen LogP contribution is 2.30. The molecule has 0 atom stereocenters. The van der Waals surface area contributed by atoms with Gasteiger partial charge in [0.25, 0.3) is 0 Å². The smallest absolute Gasteiger partial charge is 0.0546 e. The van der Waals surface area contributed by atoms with E-state index in [0.717, 1.165) is 31.0 Å². The first kappa shape index (κ1) is 13.7. The number of benzene rings is 1. The summed E-state index contributed by atoms with van der Waals surface area (Å²) in [6.07, 6.45) is 1.78. The summed E-state index contributed by atoms with van der Waals surface area (Å²) in [6, 6.07) is 6.02. The Hall–Kier alpha value is -0.770. The van der Waals surface area contributed by atoms with Crippen LogP contribution in [0.4, 0.5) is 5.69 Å². The molecule has 2 N–H and O–H groups in total. The first-order valence-corrected chi connectivity index (χ1v) is 6.80. The standard InChI is InChI=1S/C14H21ClN2O/c1-16-8-11-7-12(15)3-4-14(11)17(2)9-10-5-13(18)6-10/h3-4,7,10,13,16,18H,5-6,8-9H2,1-2H3. The van der Waals surface area contributed by atoms with Gasteiger partial charge in [-0.05, 0) is 49.6 Å². The quantitative estimate of drug-likeness (QED) is 0.860. The SMILES string of the molecule is CNCc1cc(Cl)ccc1N(C)CC1CC(O)C1. The molecule has 1 fully saturated rings. The normalized spacial score (nSPS) is 22.7. The highest BCUT2D eigenvalue weighted by atomic mass is 35.5. The maximum atomic E-state index is 9.33. The van der Waals surface area contributed by atoms with Gasteiger partial charge in [-0.15, -0.1) is 0 Å². The Balaban J connectivity index is 2.06. The number of nitrogens with one attached hydrogen (secondary N) is 1. The second kappa shape index (κ2) is 5.91. The largest absolute Gasteiger partial charge is 0.393 e. The van der Waals surface area contributed by atoms with Crippen LogP contribution in [0.2, 0.25) is 5.02 Å². The molecule has 100 valence electrons. The fourth-order valence-corrected chi connectivity index (χ4v) is 2.79. The molecule has 0 saturated heterocycles. The van der Waals surface area contributed by atoms with Crippen LogP contribution in [-0.4, -0.2) is 31.9 Å². The molecule has 1 aliphatic carbocycles. The zero-order valence-corrected chi connectivity index (χ0v) is 11.7. The molecular weight excluding hydrogens is 248 g/mol. The molecule has 0 aromatic heterocycles. The van der Waals surface area contributed by atoms with Gasteiger partial charge < -0.3 is 15.3 Å². The molecule has 3 nitrogen and oxygen atoms in total. The molecule has 18 heavy (non-hydrogen) atoms. The van der Waals surface area contributed by atoms with E-state index >= 15 is 0 Å². The van der Waals surface area contributed by atoms with Crippen LogP contribution >= 0.6 is 11.6 Å². The number of nitrogens with zero attached hydrogens (tertiary/aromatic N) is 1. The lowest BCUT2D eigenvalue weighted by Crippen LogP contribution is -2.37. The van der Waals surface area contributed by atoms with Crippen LogP contribution in [0.15, 0.2) is 18.2 Å². The van der Waals surface area contributed by atoms with Crippen molar-refractivity contribution in [3.05, 3.63) is 28.8 Å². The van der Waals surface area contributed by atoms with Crippen molar-refractivity contribution in [2.45, 2.75) is 25.5 Å². The van der Waals surface area contributed by atoms with Crippen LogP contribution in [-0.2, 0) is 6.54 Å². The van der Waals surface area contributed by atoms with Crippen LogP contribution in [0.3, 0.4) is 0 Å². The van der Waals surface area contributed by atoms with Gasteiger partial charge in [0.05, 0.1) is 6.10 Å². The molecule has 0 spiro atoms. The molecule has 0 aliphatic heterocycles. The molecule has 1 aromatic carbocycles. The second-order valence-corrected chi connectivity index (χ2v) is 5.61. The van der Waals surface area contributed by atoms with E-state index in [4.69, 9.17) is 11.6 Å². The second-order valence-electron chi connectivity index (χ2n) is 5.18. The fraction of sp³-hybridized carbons (Fsp3) is 0.571. The van der Waals surface area contributed by atoms with Crippen LogP contribution in [0.1, 0.15) is 18.4 Å². The van der Waals surface area contributed by atoms with Crippen molar-refractivity contribution in [1.29, 1.82) is 0 Å². The summed E-state index contributed by atoms with van der Waals surface area (Å²) >= 11 is 6.04. The number of anilines is 1. The first-order chi connectivity index (χ1) is 8.60. The van der Waals surface area contributed by atoms with Crippen molar-refractivity contribution >= 4 is 17.3 Å². The van der Waals surface area contributed by atoms with Gasteiger partial charge in [-0.1, -0.05) is 11.6 Å². The van der Waals surface area contributed by atoms with Gasteiger partial charge >= 0.3 is 0 Å². The molecule has 0 unspecified atom stereocenters. The van der Waals surface area contributed by atoms with E-state index in [1.54, 1.807) is 0 Å². The lowest BCUT2D eigenvalue weighted by molar-refractivity contribution is 0.0464. The van der Waals surface area contributed by atoms with E-state index in [1.165, 1.54) is 11.3 Å². The van der Waals surface area contributed by atoms with Crippen LogP contribution in [0.5, 0.6) is 0 Å². The van der Waals surface area contributed by atoms with Gasteiger partial charge in [-0.25, -0.2) is 0 Å². The minimum absolute atomic E-state index is 0.0783. The average Bonchev–Trinajstić information content (AvgIpc) is 2.27. The zero-order chi connectivity index (χ0) is 13.1. The summed E-state index contributed by atoms with van der Waals surface area (Å²) in [5.74, 6) is 0.614. The highest BCUT2D eigenvalue weighted by molar-refractivity contribution is 6.30. The van der Waals surface area contributed by atoms with Gasteiger partial charge in [0.1, 0.15) is 0 Å². The minimum atomic E-state index is -0.0783. The fourth-order valence-electron chi connectivity index (χ4n) is 2.59. The third-order valence-electron chi connectivity index (χ3n) is 3.56. The van der Waals surface area contributed by atoms with E-state index < -0.39 is 0 Å². The lowest BCUT2D eigenvalue weighted by Gasteiger charge is -2.35. The average molecular weight is 269 g/mol. The van der Waals surface area contributed by atoms with Crippen LogP contribution in [0.25, 0.3) is 0 Å². The van der Waals surface area contributed by atoms with E-state index in [0.29, 0.717) is 5.92 Å². The van der Waals surface area contributed by atoms with E-state index in [-0.39, 0.29) is 6.10 Å². The van der Waals surface area contributed by atoms with Crippen LogP contribution < -0.4 is 10.2 Å². The monoisotopic (exact) mass is 268 g/mol. The molecule has 0 amide bonds. The Kier molecular flexibility index (Phi) is 4.49. The summed E-state index contributed by atoms with van der Waals surface area (Å²) < 4.78 is 0. The topological polar surface area (TPSA) is 35.5 Å². The van der Waals surface area contributed by atoms with Gasteiger partial charge in [0, 0.05) is 30.8 Å². The van der Waals surface area contributed by atoms with Gasteiger partial charge in [0.2, 0.25) is 0 Å². The third-order valence-corrected chi connectivity index (χ3v) is 3.80. The molecule has 1 aliphatic rings. The highest BCUT2D eigenvalue weighted by Gasteiger charge is 2.28. The summed E-state index contributed by atoms with van der Waals surface area (Å²) in [4.78, 5) is 2.26. The molecule has 0 heterocycles. The zero-order valence-electron chi connectivity index (χ0n) is 11.0. The Morgan fingerprint density at radius 2 is 2.17 bits per heavy atom. The molecule has 2 rings (SSSR count). The summed E-state index contributed by atoms with van der Waals surface area (Å²) in [7, 11) is 4.04. The summed E-state index contributed by atoms with van der Waals surface area (Å²) in [6.45, 7) is 1.81. The van der Waals surface area contributed by atoms with Gasteiger partial charge in [-0.2, -0.15) is 0 Å². The molecule has 1 aromatic rings. The maximum Gasteiger partial charge on any atom is 0.0546 e. The predicted molar refractivity (Wildman–Crippen MR) is 76.2 cm³/mol. The van der Waals surface area contributed by atoms with Gasteiger partial charge in [0.15, 0.2) is 0 Å². The van der Waals surface area contributed by atoms with Crippen molar-refractivity contribution in [2.24, 2.45) is 5.92 Å².